The maximum atomic E-state index is 12.4. The Hall–Kier alpha value is -2.86. The van der Waals surface area contributed by atoms with E-state index in [0.29, 0.717) is 0 Å². The van der Waals surface area contributed by atoms with Gasteiger partial charge in [-0.3, -0.25) is 4.90 Å². The lowest BCUT2D eigenvalue weighted by atomic mass is 10.2. The minimum atomic E-state index is -0.0250. The molecule has 26 heavy (non-hydrogen) atoms. The van der Waals surface area contributed by atoms with E-state index >= 15 is 0 Å². The monoisotopic (exact) mass is 349 g/mol. The molecule has 0 bridgehead atoms. The van der Waals surface area contributed by atoms with Gasteiger partial charge >= 0.3 is 6.03 Å². The number of anilines is 1. The summed E-state index contributed by atoms with van der Waals surface area (Å²) in [6.07, 6.45) is 1.96. The zero-order valence-electron chi connectivity index (χ0n) is 14.9. The average molecular weight is 349 g/mol. The van der Waals surface area contributed by atoms with Gasteiger partial charge in [0.1, 0.15) is 0 Å². The lowest BCUT2D eigenvalue weighted by Crippen LogP contribution is -2.49. The third-order valence-electron chi connectivity index (χ3n) is 4.74. The highest BCUT2D eigenvalue weighted by Crippen LogP contribution is 2.13. The van der Waals surface area contributed by atoms with Gasteiger partial charge in [0.25, 0.3) is 0 Å². The number of piperazine rings is 1. The fraction of sp³-hybridized carbons (Fsp3) is 0.300. The van der Waals surface area contributed by atoms with Gasteiger partial charge in [-0.25, -0.2) is 9.31 Å². The Morgan fingerprint density at radius 1 is 1.08 bits per heavy atom. The number of aromatic nitrogens is 2. The van der Waals surface area contributed by atoms with Crippen LogP contribution in [0.2, 0.25) is 0 Å². The Balaban J connectivity index is 1.31. The van der Waals surface area contributed by atoms with Crippen molar-refractivity contribution in [1.29, 1.82) is 0 Å². The predicted molar refractivity (Wildman–Crippen MR) is 102 cm³/mol. The summed E-state index contributed by atoms with van der Waals surface area (Å²) in [4.78, 5) is 16.7. The van der Waals surface area contributed by atoms with E-state index in [1.165, 1.54) is 0 Å². The quantitative estimate of drug-likeness (QED) is 0.791. The van der Waals surface area contributed by atoms with E-state index in [9.17, 15) is 4.79 Å². The highest BCUT2D eigenvalue weighted by Gasteiger charge is 2.21. The Labute approximate surface area is 153 Å². The number of fused-ring (bicyclic) bond motifs is 1. The molecule has 0 saturated carbocycles. The first-order valence-corrected chi connectivity index (χ1v) is 8.96. The van der Waals surface area contributed by atoms with Gasteiger partial charge in [0.2, 0.25) is 0 Å². The third-order valence-corrected chi connectivity index (χ3v) is 4.74. The van der Waals surface area contributed by atoms with Gasteiger partial charge in [-0.05, 0) is 42.8 Å². The summed E-state index contributed by atoms with van der Waals surface area (Å²) in [6.45, 7) is 6.00. The fourth-order valence-corrected chi connectivity index (χ4v) is 3.33. The van der Waals surface area contributed by atoms with Crippen LogP contribution in [-0.2, 0) is 6.54 Å². The molecule has 1 N–H and O–H groups in total. The maximum Gasteiger partial charge on any atom is 0.321 e. The molecular weight excluding hydrogens is 326 g/mol. The van der Waals surface area contributed by atoms with Crippen LogP contribution < -0.4 is 5.32 Å². The van der Waals surface area contributed by atoms with Gasteiger partial charge in [0, 0.05) is 44.6 Å². The van der Waals surface area contributed by atoms with Crippen LogP contribution in [0.3, 0.4) is 0 Å². The van der Waals surface area contributed by atoms with Crippen LogP contribution in [0.15, 0.2) is 54.7 Å². The molecule has 134 valence electrons. The molecule has 1 aromatic carbocycles. The molecule has 6 nitrogen and oxygen atoms in total. The van der Waals surface area contributed by atoms with E-state index in [4.69, 9.17) is 0 Å². The molecule has 0 atom stereocenters. The normalized spacial score (nSPS) is 15.3. The second kappa shape index (κ2) is 7.17. The molecule has 2 amide bonds. The van der Waals surface area contributed by atoms with Gasteiger partial charge in [-0.15, -0.1) is 0 Å². The molecule has 0 spiro atoms. The van der Waals surface area contributed by atoms with Crippen LogP contribution >= 0.6 is 0 Å². The summed E-state index contributed by atoms with van der Waals surface area (Å²) in [5.41, 5.74) is 4.16. The Morgan fingerprint density at radius 2 is 1.92 bits per heavy atom. The summed E-state index contributed by atoms with van der Waals surface area (Å²) in [5.74, 6) is 0. The average Bonchev–Trinajstić information content (AvgIpc) is 3.04. The molecule has 1 fully saturated rings. The second-order valence-electron chi connectivity index (χ2n) is 6.77. The van der Waals surface area contributed by atoms with Crippen molar-refractivity contribution in [2.45, 2.75) is 13.5 Å². The predicted octanol–water partition coefficient (Wildman–Crippen LogP) is 2.99. The van der Waals surface area contributed by atoms with Crippen molar-refractivity contribution in [2.24, 2.45) is 0 Å². The third kappa shape index (κ3) is 3.70. The van der Waals surface area contributed by atoms with E-state index in [0.717, 1.165) is 55.2 Å². The van der Waals surface area contributed by atoms with E-state index in [-0.39, 0.29) is 6.03 Å². The molecule has 6 heteroatoms. The van der Waals surface area contributed by atoms with Gasteiger partial charge in [-0.1, -0.05) is 18.2 Å². The molecular formula is C20H23N5O. The maximum absolute atomic E-state index is 12.4. The molecule has 0 aliphatic carbocycles. The Bertz CT molecular complexity index is 878. The zero-order valence-corrected chi connectivity index (χ0v) is 14.9. The highest BCUT2D eigenvalue weighted by molar-refractivity contribution is 5.89. The molecule has 0 unspecified atom stereocenters. The first kappa shape index (κ1) is 16.6. The van der Waals surface area contributed by atoms with Crippen molar-refractivity contribution in [3.8, 4) is 0 Å². The Kier molecular flexibility index (Phi) is 4.58. The number of pyridine rings is 1. The molecule has 1 aliphatic heterocycles. The van der Waals surface area contributed by atoms with Gasteiger partial charge in [-0.2, -0.15) is 5.10 Å². The molecule has 0 radical (unpaired) electrons. The molecule has 4 rings (SSSR count). The summed E-state index contributed by atoms with van der Waals surface area (Å²) in [5, 5.41) is 7.59. The summed E-state index contributed by atoms with van der Waals surface area (Å²) < 4.78 is 1.90. The van der Waals surface area contributed by atoms with Crippen LogP contribution in [-0.4, -0.2) is 51.6 Å². The molecule has 3 aromatic rings. The summed E-state index contributed by atoms with van der Waals surface area (Å²) >= 11 is 0. The van der Waals surface area contributed by atoms with Gasteiger partial charge < -0.3 is 10.2 Å². The van der Waals surface area contributed by atoms with Crippen LogP contribution in [0.25, 0.3) is 5.52 Å². The first-order chi connectivity index (χ1) is 12.7. The first-order valence-electron chi connectivity index (χ1n) is 8.96. The fourth-order valence-electron chi connectivity index (χ4n) is 3.33. The van der Waals surface area contributed by atoms with E-state index in [2.05, 4.69) is 27.4 Å². The van der Waals surface area contributed by atoms with Crippen LogP contribution in [0.1, 0.15) is 11.3 Å². The minimum Gasteiger partial charge on any atom is -0.322 e. The number of carbonyl (C=O) groups excluding carboxylic acids is 1. The van der Waals surface area contributed by atoms with Crippen LogP contribution in [0.4, 0.5) is 10.5 Å². The number of urea groups is 1. The summed E-state index contributed by atoms with van der Waals surface area (Å²) in [6, 6.07) is 16.0. The standard InChI is InChI=1S/C20H23N5O/c1-16-5-4-6-17(13-16)21-20(26)24-11-9-23(10-12-24)15-18-14-19-7-2-3-8-25(19)22-18/h2-8,13-14H,9-12,15H2,1H3,(H,21,26). The number of nitrogens with zero attached hydrogens (tertiary/aromatic N) is 4. The number of hydrogen-bond acceptors (Lipinski definition) is 3. The minimum absolute atomic E-state index is 0.0250. The van der Waals surface area contributed by atoms with Gasteiger partial charge in [0.05, 0.1) is 11.2 Å². The van der Waals surface area contributed by atoms with Crippen LogP contribution in [0, 0.1) is 6.92 Å². The zero-order chi connectivity index (χ0) is 17.9. The smallest absolute Gasteiger partial charge is 0.321 e. The number of hydrogen-bond donors (Lipinski definition) is 1. The molecule has 1 aliphatic rings. The molecule has 2 aromatic heterocycles. The number of carbonyl (C=O) groups is 1. The highest BCUT2D eigenvalue weighted by atomic mass is 16.2. The van der Waals surface area contributed by atoms with Crippen molar-refractivity contribution < 1.29 is 4.79 Å². The number of benzene rings is 1. The van der Waals surface area contributed by atoms with Crippen molar-refractivity contribution >= 4 is 17.2 Å². The van der Waals surface area contributed by atoms with E-state index < -0.39 is 0 Å². The van der Waals surface area contributed by atoms with E-state index in [1.807, 2.05) is 58.9 Å². The number of rotatable bonds is 3. The lowest BCUT2D eigenvalue weighted by Gasteiger charge is -2.34. The molecule has 3 heterocycles. The van der Waals surface area contributed by atoms with E-state index in [1.54, 1.807) is 0 Å². The van der Waals surface area contributed by atoms with Crippen molar-refractivity contribution in [3.05, 3.63) is 66.0 Å². The number of nitrogens with one attached hydrogen (secondary N) is 1. The summed E-state index contributed by atoms with van der Waals surface area (Å²) in [7, 11) is 0. The Morgan fingerprint density at radius 3 is 2.69 bits per heavy atom. The van der Waals surface area contributed by atoms with Crippen molar-refractivity contribution in [3.63, 3.8) is 0 Å². The van der Waals surface area contributed by atoms with Crippen LogP contribution in [0.5, 0.6) is 0 Å². The van der Waals surface area contributed by atoms with Gasteiger partial charge in [0.15, 0.2) is 0 Å². The van der Waals surface area contributed by atoms with Crippen molar-refractivity contribution in [1.82, 2.24) is 19.4 Å². The number of aryl methyl sites for hydroxylation is 1. The second-order valence-corrected chi connectivity index (χ2v) is 6.77. The number of amides is 2. The largest absolute Gasteiger partial charge is 0.322 e. The lowest BCUT2D eigenvalue weighted by molar-refractivity contribution is 0.142. The topological polar surface area (TPSA) is 52.9 Å². The SMILES string of the molecule is Cc1cccc(NC(=O)N2CCN(Cc3cc4ccccn4n3)CC2)c1. The van der Waals surface area contributed by atoms with Crippen molar-refractivity contribution in [2.75, 3.05) is 31.5 Å². The molecule has 1 saturated heterocycles.